The van der Waals surface area contributed by atoms with E-state index in [4.69, 9.17) is 9.47 Å². The van der Waals surface area contributed by atoms with E-state index in [2.05, 4.69) is 4.98 Å². The number of fused-ring (bicyclic) bond motifs is 2. The average Bonchev–Trinajstić information content (AvgIpc) is 3.46. The van der Waals surface area contributed by atoms with E-state index in [1.54, 1.807) is 18.1 Å². The third-order valence-electron chi connectivity index (χ3n) is 5.54. The first-order chi connectivity index (χ1) is 15.1. The SMILES string of the molecule is COc1cc2ccccc2cc1C(=O)N(CC1CCCO1)c1nc2c(F)cccc2s1. The molecule has 2 heterocycles. The predicted octanol–water partition coefficient (Wildman–Crippen LogP) is 5.42. The molecule has 0 spiro atoms. The van der Waals surface area contributed by atoms with Crippen molar-refractivity contribution in [2.75, 3.05) is 25.2 Å². The second-order valence-corrected chi connectivity index (χ2v) is 8.54. The first-order valence-corrected chi connectivity index (χ1v) is 11.0. The molecule has 1 unspecified atom stereocenters. The largest absolute Gasteiger partial charge is 0.496 e. The Morgan fingerprint density at radius 2 is 2.03 bits per heavy atom. The minimum atomic E-state index is -0.396. The molecule has 1 amide bonds. The summed E-state index contributed by atoms with van der Waals surface area (Å²) in [6.45, 7) is 1.04. The molecule has 1 fully saturated rings. The number of para-hydroxylation sites is 1. The summed E-state index contributed by atoms with van der Waals surface area (Å²) >= 11 is 1.30. The highest BCUT2D eigenvalue weighted by Gasteiger charge is 2.29. The summed E-state index contributed by atoms with van der Waals surface area (Å²) in [6, 6.07) is 16.4. The van der Waals surface area contributed by atoms with Crippen molar-refractivity contribution >= 4 is 43.4 Å². The molecule has 0 saturated carbocycles. The third-order valence-corrected chi connectivity index (χ3v) is 6.59. The topological polar surface area (TPSA) is 51.7 Å². The first-order valence-electron chi connectivity index (χ1n) is 10.2. The van der Waals surface area contributed by atoms with Gasteiger partial charge in [0.05, 0.1) is 30.0 Å². The fourth-order valence-corrected chi connectivity index (χ4v) is 4.95. The third kappa shape index (κ3) is 3.75. The highest BCUT2D eigenvalue weighted by atomic mass is 32.1. The maximum absolute atomic E-state index is 14.3. The zero-order valence-electron chi connectivity index (χ0n) is 17.0. The predicted molar refractivity (Wildman–Crippen MR) is 121 cm³/mol. The van der Waals surface area contributed by atoms with Crippen LogP contribution in [0.1, 0.15) is 23.2 Å². The lowest BCUT2D eigenvalue weighted by Crippen LogP contribution is -2.37. The number of halogens is 1. The Kier molecular flexibility index (Phi) is 5.29. The van der Waals surface area contributed by atoms with Gasteiger partial charge in [-0.2, -0.15) is 0 Å². The number of anilines is 1. The van der Waals surface area contributed by atoms with Gasteiger partial charge in [0.1, 0.15) is 17.1 Å². The van der Waals surface area contributed by atoms with E-state index in [-0.39, 0.29) is 17.5 Å². The van der Waals surface area contributed by atoms with Crippen molar-refractivity contribution in [2.24, 2.45) is 0 Å². The van der Waals surface area contributed by atoms with Crippen molar-refractivity contribution in [2.45, 2.75) is 18.9 Å². The second kappa shape index (κ2) is 8.24. The molecule has 0 bridgehead atoms. The van der Waals surface area contributed by atoms with Crippen LogP contribution in [0, 0.1) is 5.82 Å². The molecule has 4 aromatic rings. The Morgan fingerprint density at radius 1 is 1.23 bits per heavy atom. The maximum atomic E-state index is 14.3. The molecule has 1 saturated heterocycles. The molecule has 0 N–H and O–H groups in total. The summed E-state index contributed by atoms with van der Waals surface area (Å²) in [5.41, 5.74) is 0.719. The van der Waals surface area contributed by atoms with Crippen LogP contribution in [0.4, 0.5) is 9.52 Å². The van der Waals surface area contributed by atoms with Gasteiger partial charge in [-0.25, -0.2) is 9.37 Å². The minimum absolute atomic E-state index is 0.0766. The van der Waals surface area contributed by atoms with Crippen LogP contribution in [0.25, 0.3) is 21.0 Å². The Balaban J connectivity index is 1.61. The minimum Gasteiger partial charge on any atom is -0.496 e. The van der Waals surface area contributed by atoms with Gasteiger partial charge >= 0.3 is 0 Å². The van der Waals surface area contributed by atoms with Crippen LogP contribution in [0.5, 0.6) is 5.75 Å². The molecule has 3 aromatic carbocycles. The van der Waals surface area contributed by atoms with E-state index in [0.717, 1.165) is 23.6 Å². The van der Waals surface area contributed by atoms with E-state index in [9.17, 15) is 9.18 Å². The van der Waals surface area contributed by atoms with Gasteiger partial charge in [-0.05, 0) is 47.9 Å². The Morgan fingerprint density at radius 3 is 2.74 bits per heavy atom. The summed E-state index contributed by atoms with van der Waals surface area (Å²) in [7, 11) is 1.55. The van der Waals surface area contributed by atoms with Crippen molar-refractivity contribution in [1.82, 2.24) is 4.98 Å². The molecular formula is C24H21FN2O3S. The zero-order chi connectivity index (χ0) is 21.4. The van der Waals surface area contributed by atoms with Crippen molar-refractivity contribution in [3.8, 4) is 5.75 Å². The molecule has 5 rings (SSSR count). The molecule has 5 nitrogen and oxygen atoms in total. The molecule has 31 heavy (non-hydrogen) atoms. The van der Waals surface area contributed by atoms with E-state index >= 15 is 0 Å². The second-order valence-electron chi connectivity index (χ2n) is 7.53. The normalized spacial score (nSPS) is 16.1. The van der Waals surface area contributed by atoms with E-state index in [1.807, 2.05) is 42.5 Å². The van der Waals surface area contributed by atoms with E-state index in [0.29, 0.717) is 34.3 Å². The van der Waals surface area contributed by atoms with Crippen LogP contribution in [0.15, 0.2) is 54.6 Å². The smallest absolute Gasteiger partial charge is 0.263 e. The molecule has 0 radical (unpaired) electrons. The summed E-state index contributed by atoms with van der Waals surface area (Å²) in [6.07, 6.45) is 1.76. The van der Waals surface area contributed by atoms with Crippen LogP contribution in [-0.2, 0) is 4.74 Å². The number of amides is 1. The van der Waals surface area contributed by atoms with Crippen molar-refractivity contribution in [1.29, 1.82) is 0 Å². The Bertz CT molecular complexity index is 1270. The molecule has 1 aromatic heterocycles. The highest BCUT2D eigenvalue weighted by molar-refractivity contribution is 7.22. The van der Waals surface area contributed by atoms with Crippen LogP contribution in [0.3, 0.4) is 0 Å². The Hall–Kier alpha value is -3.03. The van der Waals surface area contributed by atoms with Crippen LogP contribution >= 0.6 is 11.3 Å². The van der Waals surface area contributed by atoms with Gasteiger partial charge in [0, 0.05) is 6.61 Å². The summed E-state index contributed by atoms with van der Waals surface area (Å²) in [4.78, 5) is 19.9. The van der Waals surface area contributed by atoms with Gasteiger partial charge in [-0.1, -0.05) is 41.7 Å². The zero-order valence-corrected chi connectivity index (χ0v) is 17.8. The van der Waals surface area contributed by atoms with Gasteiger partial charge in [-0.3, -0.25) is 9.69 Å². The number of thiazole rings is 1. The molecule has 158 valence electrons. The van der Waals surface area contributed by atoms with Crippen molar-refractivity contribution in [3.05, 3.63) is 66.0 Å². The number of hydrogen-bond acceptors (Lipinski definition) is 5. The number of carbonyl (C=O) groups excluding carboxylic acids is 1. The lowest BCUT2D eigenvalue weighted by Gasteiger charge is -2.24. The number of carbonyl (C=O) groups is 1. The summed E-state index contributed by atoms with van der Waals surface area (Å²) < 4.78 is 26.3. The number of nitrogens with zero attached hydrogens (tertiary/aromatic N) is 2. The van der Waals surface area contributed by atoms with E-state index < -0.39 is 5.82 Å². The van der Waals surface area contributed by atoms with Crippen LogP contribution in [0.2, 0.25) is 0 Å². The summed E-state index contributed by atoms with van der Waals surface area (Å²) in [5, 5.41) is 2.39. The van der Waals surface area contributed by atoms with Gasteiger partial charge < -0.3 is 9.47 Å². The molecule has 7 heteroatoms. The number of benzene rings is 3. The molecule has 0 aliphatic carbocycles. The highest BCUT2D eigenvalue weighted by Crippen LogP contribution is 2.34. The van der Waals surface area contributed by atoms with Gasteiger partial charge in [-0.15, -0.1) is 0 Å². The number of rotatable bonds is 5. The lowest BCUT2D eigenvalue weighted by molar-refractivity contribution is 0.0915. The van der Waals surface area contributed by atoms with Gasteiger partial charge in [0.15, 0.2) is 5.13 Å². The molecule has 1 atom stereocenters. The summed E-state index contributed by atoms with van der Waals surface area (Å²) in [5.74, 6) is -0.140. The quantitative estimate of drug-likeness (QED) is 0.419. The Labute approximate surface area is 183 Å². The number of ether oxygens (including phenoxy) is 2. The molecular weight excluding hydrogens is 415 g/mol. The number of aromatic nitrogens is 1. The fourth-order valence-electron chi connectivity index (χ4n) is 3.96. The van der Waals surface area contributed by atoms with Gasteiger partial charge in [0.25, 0.3) is 5.91 Å². The van der Waals surface area contributed by atoms with Crippen LogP contribution in [-0.4, -0.2) is 37.3 Å². The lowest BCUT2D eigenvalue weighted by atomic mass is 10.0. The molecule has 1 aliphatic heterocycles. The van der Waals surface area contributed by atoms with E-state index in [1.165, 1.54) is 17.4 Å². The van der Waals surface area contributed by atoms with Crippen molar-refractivity contribution < 1.29 is 18.7 Å². The first kappa shape index (κ1) is 19.9. The number of methoxy groups -OCH3 is 1. The average molecular weight is 437 g/mol. The maximum Gasteiger partial charge on any atom is 0.263 e. The fraction of sp³-hybridized carbons (Fsp3) is 0.250. The standard InChI is InChI=1S/C24H21FN2O3S/c1-29-20-13-16-7-3-2-6-15(16)12-18(20)23(28)27(14-17-8-5-11-30-17)24-26-22-19(25)9-4-10-21(22)31-24/h2-4,6-7,9-10,12-13,17H,5,8,11,14H2,1H3. The molecule has 1 aliphatic rings. The van der Waals surface area contributed by atoms with Gasteiger partial charge in [0.2, 0.25) is 0 Å². The monoisotopic (exact) mass is 436 g/mol. The number of hydrogen-bond donors (Lipinski definition) is 0. The van der Waals surface area contributed by atoms with Crippen LogP contribution < -0.4 is 9.64 Å². The van der Waals surface area contributed by atoms with Crippen molar-refractivity contribution in [3.63, 3.8) is 0 Å².